The fourth-order valence-corrected chi connectivity index (χ4v) is 2.74. The standard InChI is InChI=1S/C12H14BrN3/c1-2-16-10-8(11(13)15-16)4-3-5-9(10)12(14)6-7-12/h3-5H,2,6-7,14H2,1H3. The maximum absolute atomic E-state index is 6.31. The van der Waals surface area contributed by atoms with Crippen LogP contribution in [-0.2, 0) is 12.1 Å². The van der Waals surface area contributed by atoms with Gasteiger partial charge in [0.25, 0.3) is 0 Å². The number of halogens is 1. The van der Waals surface area contributed by atoms with E-state index in [-0.39, 0.29) is 5.54 Å². The Balaban J connectivity index is 2.36. The van der Waals surface area contributed by atoms with Crippen LogP contribution in [0.5, 0.6) is 0 Å². The first-order valence-electron chi connectivity index (χ1n) is 5.60. The molecule has 2 aromatic rings. The highest BCUT2D eigenvalue weighted by molar-refractivity contribution is 9.10. The topological polar surface area (TPSA) is 43.8 Å². The van der Waals surface area contributed by atoms with Gasteiger partial charge in [0.15, 0.2) is 0 Å². The molecule has 0 amide bonds. The lowest BCUT2D eigenvalue weighted by atomic mass is 10.0. The summed E-state index contributed by atoms with van der Waals surface area (Å²) in [6, 6.07) is 6.29. The zero-order chi connectivity index (χ0) is 11.3. The number of rotatable bonds is 2. The van der Waals surface area contributed by atoms with Crippen LogP contribution in [0.4, 0.5) is 0 Å². The van der Waals surface area contributed by atoms with Crippen LogP contribution in [0.25, 0.3) is 10.9 Å². The van der Waals surface area contributed by atoms with Crippen LogP contribution in [0.1, 0.15) is 25.3 Å². The first kappa shape index (κ1) is 10.3. The Bertz CT molecular complexity index is 555. The average molecular weight is 280 g/mol. The van der Waals surface area contributed by atoms with Crippen molar-refractivity contribution in [2.75, 3.05) is 0 Å². The molecule has 16 heavy (non-hydrogen) atoms. The van der Waals surface area contributed by atoms with Crippen molar-refractivity contribution in [2.45, 2.75) is 31.8 Å². The largest absolute Gasteiger partial charge is 0.321 e. The minimum atomic E-state index is -0.105. The summed E-state index contributed by atoms with van der Waals surface area (Å²) in [7, 11) is 0. The molecule has 1 heterocycles. The number of nitrogens with zero attached hydrogens (tertiary/aromatic N) is 2. The summed E-state index contributed by atoms with van der Waals surface area (Å²) in [5.74, 6) is 0. The van der Waals surface area contributed by atoms with E-state index in [9.17, 15) is 0 Å². The third-order valence-electron chi connectivity index (χ3n) is 3.35. The molecule has 84 valence electrons. The van der Waals surface area contributed by atoms with Crippen molar-refractivity contribution >= 4 is 26.8 Å². The summed E-state index contributed by atoms with van der Waals surface area (Å²) in [6.45, 7) is 2.97. The van der Waals surface area contributed by atoms with Gasteiger partial charge in [-0.2, -0.15) is 5.10 Å². The second-order valence-electron chi connectivity index (χ2n) is 4.46. The second-order valence-corrected chi connectivity index (χ2v) is 5.22. The Morgan fingerprint density at radius 1 is 1.50 bits per heavy atom. The summed E-state index contributed by atoms with van der Waals surface area (Å²) in [5, 5.41) is 5.65. The van der Waals surface area contributed by atoms with Gasteiger partial charge in [0, 0.05) is 17.5 Å². The Kier molecular flexibility index (Phi) is 2.13. The van der Waals surface area contributed by atoms with Crippen molar-refractivity contribution in [1.29, 1.82) is 0 Å². The number of nitrogens with two attached hydrogens (primary N) is 1. The number of aryl methyl sites for hydroxylation is 1. The molecule has 1 saturated carbocycles. The van der Waals surface area contributed by atoms with Gasteiger partial charge in [0.2, 0.25) is 0 Å². The predicted molar refractivity (Wildman–Crippen MR) is 68.2 cm³/mol. The molecule has 1 aliphatic rings. The molecule has 0 radical (unpaired) electrons. The molecule has 0 aliphatic heterocycles. The third-order valence-corrected chi connectivity index (χ3v) is 3.94. The highest BCUT2D eigenvalue weighted by Crippen LogP contribution is 2.45. The summed E-state index contributed by atoms with van der Waals surface area (Å²) >= 11 is 3.51. The maximum atomic E-state index is 6.31. The SMILES string of the molecule is CCn1nc(Br)c2cccc(C3(N)CC3)c21. The van der Waals surface area contributed by atoms with Crippen LogP contribution in [0, 0.1) is 0 Å². The lowest BCUT2D eigenvalue weighted by Gasteiger charge is -2.12. The van der Waals surface area contributed by atoms with E-state index in [2.05, 4.69) is 46.2 Å². The fraction of sp³-hybridized carbons (Fsp3) is 0.417. The first-order chi connectivity index (χ1) is 7.65. The highest BCUT2D eigenvalue weighted by Gasteiger charge is 2.42. The van der Waals surface area contributed by atoms with Crippen molar-refractivity contribution in [3.8, 4) is 0 Å². The monoisotopic (exact) mass is 279 g/mol. The van der Waals surface area contributed by atoms with Gasteiger partial charge in [-0.1, -0.05) is 18.2 Å². The molecule has 0 bridgehead atoms. The molecule has 1 aromatic carbocycles. The van der Waals surface area contributed by atoms with E-state index in [1.807, 2.05) is 4.68 Å². The molecular weight excluding hydrogens is 266 g/mol. The Morgan fingerprint density at radius 2 is 2.25 bits per heavy atom. The van der Waals surface area contributed by atoms with Crippen LogP contribution in [-0.4, -0.2) is 9.78 Å². The van der Waals surface area contributed by atoms with Crippen molar-refractivity contribution in [2.24, 2.45) is 5.73 Å². The first-order valence-corrected chi connectivity index (χ1v) is 6.39. The van der Waals surface area contributed by atoms with Gasteiger partial charge < -0.3 is 5.73 Å². The highest BCUT2D eigenvalue weighted by atomic mass is 79.9. The quantitative estimate of drug-likeness (QED) is 0.919. The molecule has 0 saturated heterocycles. The number of fused-ring (bicyclic) bond motifs is 1. The number of hydrogen-bond acceptors (Lipinski definition) is 2. The molecule has 1 fully saturated rings. The lowest BCUT2D eigenvalue weighted by Crippen LogP contribution is -2.20. The van der Waals surface area contributed by atoms with E-state index >= 15 is 0 Å². The van der Waals surface area contributed by atoms with Gasteiger partial charge in [-0.15, -0.1) is 0 Å². The number of aromatic nitrogens is 2. The van der Waals surface area contributed by atoms with Gasteiger partial charge in [0.1, 0.15) is 4.60 Å². The lowest BCUT2D eigenvalue weighted by molar-refractivity contribution is 0.664. The third kappa shape index (κ3) is 1.33. The van der Waals surface area contributed by atoms with Gasteiger partial charge in [-0.25, -0.2) is 0 Å². The molecule has 3 nitrogen and oxygen atoms in total. The van der Waals surface area contributed by atoms with E-state index in [0.717, 1.165) is 29.4 Å². The second kappa shape index (κ2) is 3.31. The number of hydrogen-bond donors (Lipinski definition) is 1. The fourth-order valence-electron chi connectivity index (χ4n) is 2.23. The Morgan fingerprint density at radius 3 is 2.88 bits per heavy atom. The molecule has 0 atom stereocenters. The van der Waals surface area contributed by atoms with Gasteiger partial charge >= 0.3 is 0 Å². The van der Waals surface area contributed by atoms with E-state index in [4.69, 9.17) is 5.73 Å². The van der Waals surface area contributed by atoms with Gasteiger partial charge in [0.05, 0.1) is 5.52 Å². The molecular formula is C12H14BrN3. The number of benzene rings is 1. The molecule has 3 rings (SSSR count). The molecule has 2 N–H and O–H groups in total. The van der Waals surface area contributed by atoms with E-state index < -0.39 is 0 Å². The van der Waals surface area contributed by atoms with Gasteiger partial charge in [-0.05, 0) is 41.3 Å². The zero-order valence-corrected chi connectivity index (χ0v) is 10.8. The van der Waals surface area contributed by atoms with Crippen LogP contribution in [0.2, 0.25) is 0 Å². The minimum absolute atomic E-state index is 0.105. The molecule has 1 aliphatic carbocycles. The molecule has 4 heteroatoms. The molecule has 0 spiro atoms. The zero-order valence-electron chi connectivity index (χ0n) is 9.20. The summed E-state index contributed by atoms with van der Waals surface area (Å²) in [5.41, 5.74) is 8.64. The van der Waals surface area contributed by atoms with E-state index in [1.54, 1.807) is 0 Å². The van der Waals surface area contributed by atoms with E-state index in [1.165, 1.54) is 11.1 Å². The summed E-state index contributed by atoms with van der Waals surface area (Å²) in [6.07, 6.45) is 2.16. The smallest absolute Gasteiger partial charge is 0.136 e. The summed E-state index contributed by atoms with van der Waals surface area (Å²) in [4.78, 5) is 0. The summed E-state index contributed by atoms with van der Waals surface area (Å²) < 4.78 is 2.94. The minimum Gasteiger partial charge on any atom is -0.321 e. The normalized spacial score (nSPS) is 17.9. The maximum Gasteiger partial charge on any atom is 0.136 e. The Labute approximate surface area is 103 Å². The molecule has 0 unspecified atom stereocenters. The van der Waals surface area contributed by atoms with Crippen LogP contribution >= 0.6 is 15.9 Å². The number of para-hydroxylation sites is 1. The average Bonchev–Trinajstić information content (AvgIpc) is 2.95. The predicted octanol–water partition coefficient (Wildman–Crippen LogP) is 2.77. The van der Waals surface area contributed by atoms with Crippen molar-refractivity contribution in [3.63, 3.8) is 0 Å². The molecule has 1 aromatic heterocycles. The van der Waals surface area contributed by atoms with E-state index in [0.29, 0.717) is 0 Å². The van der Waals surface area contributed by atoms with Crippen LogP contribution < -0.4 is 5.73 Å². The van der Waals surface area contributed by atoms with Gasteiger partial charge in [-0.3, -0.25) is 4.68 Å². The van der Waals surface area contributed by atoms with Crippen molar-refractivity contribution in [3.05, 3.63) is 28.4 Å². The van der Waals surface area contributed by atoms with Crippen molar-refractivity contribution < 1.29 is 0 Å². The van der Waals surface area contributed by atoms with Crippen molar-refractivity contribution in [1.82, 2.24) is 9.78 Å². The van der Waals surface area contributed by atoms with Crippen LogP contribution in [0.15, 0.2) is 22.8 Å². The Hall–Kier alpha value is -0.870. The van der Waals surface area contributed by atoms with Crippen LogP contribution in [0.3, 0.4) is 0 Å².